The molecule has 1 fully saturated rings. The zero-order valence-corrected chi connectivity index (χ0v) is 12.0. The van der Waals surface area contributed by atoms with E-state index in [4.69, 9.17) is 5.26 Å². The molecule has 0 spiro atoms. The van der Waals surface area contributed by atoms with E-state index >= 15 is 0 Å². The van der Waals surface area contributed by atoms with Gasteiger partial charge >= 0.3 is 0 Å². The highest BCUT2D eigenvalue weighted by molar-refractivity contribution is 7.80. The molecule has 1 saturated carbocycles. The van der Waals surface area contributed by atoms with Crippen molar-refractivity contribution in [3.05, 3.63) is 35.4 Å². The number of nitriles is 1. The lowest BCUT2D eigenvalue weighted by Crippen LogP contribution is -2.29. The van der Waals surface area contributed by atoms with Gasteiger partial charge in [0.1, 0.15) is 0 Å². The van der Waals surface area contributed by atoms with Crippen LogP contribution >= 0.6 is 12.6 Å². The van der Waals surface area contributed by atoms with Crippen molar-refractivity contribution in [2.45, 2.75) is 25.8 Å². The smallest absolute Gasteiger partial charge is 0.223 e. The van der Waals surface area contributed by atoms with Gasteiger partial charge in [0.15, 0.2) is 0 Å². The van der Waals surface area contributed by atoms with Crippen molar-refractivity contribution >= 4 is 18.5 Å². The minimum atomic E-state index is 0.156. The van der Waals surface area contributed by atoms with Crippen LogP contribution in [-0.2, 0) is 11.3 Å². The Bertz CT molecular complexity index is 517. The van der Waals surface area contributed by atoms with Gasteiger partial charge in [0.25, 0.3) is 0 Å². The van der Waals surface area contributed by atoms with E-state index in [-0.39, 0.29) is 11.3 Å². The number of hydrogen-bond acceptors (Lipinski definition) is 3. The lowest BCUT2D eigenvalue weighted by atomic mass is 10.0. The van der Waals surface area contributed by atoms with Gasteiger partial charge in [0, 0.05) is 20.0 Å². The second-order valence-corrected chi connectivity index (χ2v) is 5.71. The molecule has 0 unspecified atom stereocenters. The van der Waals surface area contributed by atoms with Crippen LogP contribution in [0.25, 0.3) is 0 Å². The van der Waals surface area contributed by atoms with Gasteiger partial charge in [-0.2, -0.15) is 17.9 Å². The molecular formula is C15H18N2OS. The van der Waals surface area contributed by atoms with Gasteiger partial charge < -0.3 is 4.90 Å². The number of carbonyl (C=O) groups is 1. The van der Waals surface area contributed by atoms with Gasteiger partial charge in [0.05, 0.1) is 11.6 Å². The second-order valence-electron chi connectivity index (χ2n) is 5.40. The number of nitrogens with zero attached hydrogens (tertiary/aromatic N) is 2. The molecule has 1 aromatic carbocycles. The Morgan fingerprint density at radius 2 is 2.26 bits per heavy atom. The summed E-state index contributed by atoms with van der Waals surface area (Å²) in [4.78, 5) is 13.9. The van der Waals surface area contributed by atoms with Crippen LogP contribution in [0.2, 0.25) is 0 Å². The molecule has 0 N–H and O–H groups in total. The summed E-state index contributed by atoms with van der Waals surface area (Å²) in [5.74, 6) is 0.949. The summed E-state index contributed by atoms with van der Waals surface area (Å²) < 4.78 is 0. The Morgan fingerprint density at radius 1 is 1.53 bits per heavy atom. The molecule has 100 valence electrons. The molecule has 0 atom stereocenters. The lowest BCUT2D eigenvalue weighted by Gasteiger charge is -2.20. The highest BCUT2D eigenvalue weighted by atomic mass is 32.1. The summed E-state index contributed by atoms with van der Waals surface area (Å²) in [5, 5.41) is 8.86. The van der Waals surface area contributed by atoms with Crippen molar-refractivity contribution in [3.63, 3.8) is 0 Å². The van der Waals surface area contributed by atoms with Crippen molar-refractivity contribution < 1.29 is 4.79 Å². The molecule has 0 bridgehead atoms. The van der Waals surface area contributed by atoms with E-state index in [0.717, 1.165) is 24.2 Å². The van der Waals surface area contributed by atoms with E-state index in [1.807, 2.05) is 25.2 Å². The van der Waals surface area contributed by atoms with Gasteiger partial charge in [0.2, 0.25) is 5.91 Å². The van der Waals surface area contributed by atoms with E-state index in [1.165, 1.54) is 0 Å². The highest BCUT2D eigenvalue weighted by Gasteiger charge is 2.43. The molecule has 0 radical (unpaired) electrons. The maximum Gasteiger partial charge on any atom is 0.223 e. The predicted octanol–water partition coefficient (Wildman–Crippen LogP) is 2.62. The van der Waals surface area contributed by atoms with E-state index < -0.39 is 0 Å². The van der Waals surface area contributed by atoms with Crippen molar-refractivity contribution in [2.75, 3.05) is 12.8 Å². The van der Waals surface area contributed by atoms with Crippen molar-refractivity contribution in [2.24, 2.45) is 5.41 Å². The molecular weight excluding hydrogens is 256 g/mol. The Labute approximate surface area is 119 Å². The second kappa shape index (κ2) is 5.66. The van der Waals surface area contributed by atoms with Crippen LogP contribution in [0.1, 0.15) is 30.4 Å². The first-order valence-corrected chi connectivity index (χ1v) is 7.06. The molecule has 3 nitrogen and oxygen atoms in total. The fourth-order valence-corrected chi connectivity index (χ4v) is 2.55. The standard InChI is InChI=1S/C15H18N2OS/c1-17(14(18)8-15(11-19)5-6-15)10-13-4-2-3-12(7-13)9-16/h2-4,7,19H,5-6,8,10-11H2,1H3. The number of thiol groups is 1. The first kappa shape index (κ1) is 14.0. The SMILES string of the molecule is CN(Cc1cccc(C#N)c1)C(=O)CC1(CS)CC1. The Kier molecular flexibility index (Phi) is 4.16. The summed E-state index contributed by atoms with van der Waals surface area (Å²) in [5.41, 5.74) is 1.78. The van der Waals surface area contributed by atoms with Gasteiger partial charge in [-0.05, 0) is 41.7 Å². The number of carbonyl (C=O) groups excluding carboxylic acids is 1. The van der Waals surface area contributed by atoms with Crippen LogP contribution in [0.4, 0.5) is 0 Å². The fourth-order valence-electron chi connectivity index (χ4n) is 2.12. The van der Waals surface area contributed by atoms with Gasteiger partial charge in [-0.15, -0.1) is 0 Å². The van der Waals surface area contributed by atoms with Gasteiger partial charge in [-0.25, -0.2) is 0 Å². The summed E-state index contributed by atoms with van der Waals surface area (Å²) in [6.07, 6.45) is 2.81. The monoisotopic (exact) mass is 274 g/mol. The van der Waals surface area contributed by atoms with Crippen LogP contribution in [0.5, 0.6) is 0 Å². The topological polar surface area (TPSA) is 44.1 Å². The summed E-state index contributed by atoms with van der Waals surface area (Å²) in [6, 6.07) is 9.50. The maximum atomic E-state index is 12.1. The van der Waals surface area contributed by atoms with E-state index in [1.54, 1.807) is 11.0 Å². The molecule has 19 heavy (non-hydrogen) atoms. The normalized spacial score (nSPS) is 15.6. The first-order chi connectivity index (χ1) is 9.08. The van der Waals surface area contributed by atoms with Crippen LogP contribution in [-0.4, -0.2) is 23.6 Å². The predicted molar refractivity (Wildman–Crippen MR) is 77.8 cm³/mol. The Morgan fingerprint density at radius 3 is 2.84 bits per heavy atom. The third-order valence-corrected chi connectivity index (χ3v) is 4.39. The average Bonchev–Trinajstić information content (AvgIpc) is 3.19. The molecule has 0 saturated heterocycles. The van der Waals surface area contributed by atoms with E-state index in [9.17, 15) is 4.79 Å². The Hall–Kier alpha value is -1.47. The summed E-state index contributed by atoms with van der Waals surface area (Å²) >= 11 is 4.33. The molecule has 0 heterocycles. The van der Waals surface area contributed by atoms with Crippen LogP contribution in [0.3, 0.4) is 0 Å². The first-order valence-electron chi connectivity index (χ1n) is 6.42. The zero-order valence-electron chi connectivity index (χ0n) is 11.1. The lowest BCUT2D eigenvalue weighted by molar-refractivity contribution is -0.131. The molecule has 0 aliphatic heterocycles. The number of amides is 1. The average molecular weight is 274 g/mol. The fraction of sp³-hybridized carbons (Fsp3) is 0.467. The molecule has 1 aromatic rings. The number of hydrogen-bond donors (Lipinski definition) is 1. The van der Waals surface area contributed by atoms with Crippen molar-refractivity contribution in [1.82, 2.24) is 4.90 Å². The van der Waals surface area contributed by atoms with E-state index in [2.05, 4.69) is 18.7 Å². The largest absolute Gasteiger partial charge is 0.341 e. The minimum absolute atomic E-state index is 0.156. The quantitative estimate of drug-likeness (QED) is 0.839. The van der Waals surface area contributed by atoms with Crippen LogP contribution < -0.4 is 0 Å². The maximum absolute atomic E-state index is 12.1. The minimum Gasteiger partial charge on any atom is -0.341 e. The van der Waals surface area contributed by atoms with Crippen LogP contribution in [0, 0.1) is 16.7 Å². The zero-order chi connectivity index (χ0) is 13.9. The van der Waals surface area contributed by atoms with Crippen molar-refractivity contribution in [1.29, 1.82) is 5.26 Å². The van der Waals surface area contributed by atoms with E-state index in [0.29, 0.717) is 18.5 Å². The third-order valence-electron chi connectivity index (χ3n) is 3.72. The molecule has 1 aliphatic carbocycles. The third kappa shape index (κ3) is 3.51. The summed E-state index contributed by atoms with van der Waals surface area (Å²) in [6.45, 7) is 0.553. The molecule has 4 heteroatoms. The van der Waals surface area contributed by atoms with Gasteiger partial charge in [-0.3, -0.25) is 4.79 Å². The van der Waals surface area contributed by atoms with Crippen LogP contribution in [0.15, 0.2) is 24.3 Å². The Balaban J connectivity index is 1.94. The van der Waals surface area contributed by atoms with Crippen molar-refractivity contribution in [3.8, 4) is 6.07 Å². The van der Waals surface area contributed by atoms with Gasteiger partial charge in [-0.1, -0.05) is 12.1 Å². The molecule has 1 amide bonds. The molecule has 2 rings (SSSR count). The number of benzene rings is 1. The highest BCUT2D eigenvalue weighted by Crippen LogP contribution is 2.49. The molecule has 1 aliphatic rings. The molecule has 0 aromatic heterocycles. The number of rotatable bonds is 5. The summed E-state index contributed by atoms with van der Waals surface area (Å²) in [7, 11) is 1.82.